The number of benzene rings is 3. The van der Waals surface area contributed by atoms with Crippen LogP contribution >= 0.6 is 0 Å². The van der Waals surface area contributed by atoms with Gasteiger partial charge in [0, 0.05) is 6.07 Å². The normalized spacial score (nSPS) is 10.4. The number of anilines is 1. The van der Waals surface area contributed by atoms with E-state index in [-0.39, 0.29) is 28.3 Å². The van der Waals surface area contributed by atoms with Crippen LogP contribution in [-0.4, -0.2) is 28.7 Å². The summed E-state index contributed by atoms with van der Waals surface area (Å²) in [6.45, 7) is 2.43. The number of hydrogen-bond donors (Lipinski definition) is 3. The molecule has 3 aromatic rings. The number of aromatic carboxylic acids is 1. The van der Waals surface area contributed by atoms with E-state index in [9.17, 15) is 19.8 Å². The largest absolute Gasteiger partial charge is 0.508 e. The van der Waals surface area contributed by atoms with Crippen LogP contribution in [0.2, 0.25) is 0 Å². The van der Waals surface area contributed by atoms with Gasteiger partial charge < -0.3 is 20.3 Å². The van der Waals surface area contributed by atoms with Crippen LogP contribution in [0.5, 0.6) is 11.5 Å². The van der Waals surface area contributed by atoms with Gasteiger partial charge in [-0.25, -0.2) is 4.79 Å². The summed E-state index contributed by atoms with van der Waals surface area (Å²) in [6.07, 6.45) is 1.73. The first-order valence-electron chi connectivity index (χ1n) is 9.69. The molecule has 3 N–H and O–H groups in total. The van der Waals surface area contributed by atoms with Crippen LogP contribution in [0.25, 0.3) is 11.1 Å². The smallest absolute Gasteiger partial charge is 0.337 e. The van der Waals surface area contributed by atoms with Crippen molar-refractivity contribution in [3.05, 3.63) is 77.9 Å². The van der Waals surface area contributed by atoms with Crippen molar-refractivity contribution >= 4 is 17.6 Å². The number of hydrogen-bond acceptors (Lipinski definition) is 4. The van der Waals surface area contributed by atoms with Crippen LogP contribution in [0.3, 0.4) is 0 Å². The van der Waals surface area contributed by atoms with E-state index >= 15 is 0 Å². The number of carbonyl (C=O) groups excluding carboxylic acids is 1. The number of phenols is 1. The van der Waals surface area contributed by atoms with Crippen molar-refractivity contribution in [3.63, 3.8) is 0 Å². The summed E-state index contributed by atoms with van der Waals surface area (Å²) in [7, 11) is 0. The minimum Gasteiger partial charge on any atom is -0.508 e. The van der Waals surface area contributed by atoms with Crippen LogP contribution in [0, 0.1) is 0 Å². The Morgan fingerprint density at radius 2 is 1.67 bits per heavy atom. The maximum absolute atomic E-state index is 12.9. The van der Waals surface area contributed by atoms with Crippen molar-refractivity contribution in [2.45, 2.75) is 19.8 Å². The lowest BCUT2D eigenvalue weighted by molar-refractivity contribution is 0.0698. The van der Waals surface area contributed by atoms with Crippen LogP contribution in [0.1, 0.15) is 40.5 Å². The number of ether oxygens (including phenoxy) is 1. The van der Waals surface area contributed by atoms with Gasteiger partial charge in [-0.1, -0.05) is 49.7 Å². The Balaban J connectivity index is 1.93. The number of carboxylic acids is 1. The lowest BCUT2D eigenvalue weighted by Crippen LogP contribution is -2.16. The Morgan fingerprint density at radius 3 is 2.37 bits per heavy atom. The Hall–Kier alpha value is -3.80. The van der Waals surface area contributed by atoms with Gasteiger partial charge in [0.15, 0.2) is 0 Å². The van der Waals surface area contributed by atoms with Gasteiger partial charge in [0.05, 0.1) is 23.4 Å². The maximum Gasteiger partial charge on any atom is 0.337 e. The first kappa shape index (κ1) is 20.9. The zero-order valence-electron chi connectivity index (χ0n) is 16.6. The van der Waals surface area contributed by atoms with Gasteiger partial charge in [0.2, 0.25) is 0 Å². The Bertz CT molecular complexity index is 1050. The van der Waals surface area contributed by atoms with Crippen molar-refractivity contribution in [1.82, 2.24) is 0 Å². The molecule has 0 radical (unpaired) electrons. The van der Waals surface area contributed by atoms with E-state index in [4.69, 9.17) is 4.74 Å². The molecule has 3 rings (SSSR count). The number of nitrogens with one attached hydrogen (secondary N) is 1. The average molecular weight is 405 g/mol. The van der Waals surface area contributed by atoms with E-state index in [2.05, 4.69) is 5.32 Å². The molecule has 30 heavy (non-hydrogen) atoms. The highest BCUT2D eigenvalue weighted by Crippen LogP contribution is 2.29. The minimum absolute atomic E-state index is 0.0182. The van der Waals surface area contributed by atoms with E-state index in [1.807, 2.05) is 37.3 Å². The Labute approximate surface area is 174 Å². The van der Waals surface area contributed by atoms with Crippen molar-refractivity contribution in [2.75, 3.05) is 11.9 Å². The van der Waals surface area contributed by atoms with Crippen LogP contribution in [0.15, 0.2) is 66.7 Å². The van der Waals surface area contributed by atoms with Gasteiger partial charge in [-0.3, -0.25) is 4.79 Å². The van der Waals surface area contributed by atoms with Crippen molar-refractivity contribution < 1.29 is 24.5 Å². The zero-order valence-corrected chi connectivity index (χ0v) is 16.6. The predicted molar refractivity (Wildman–Crippen MR) is 115 cm³/mol. The fourth-order valence-corrected chi connectivity index (χ4v) is 2.98. The Morgan fingerprint density at radius 1 is 0.933 bits per heavy atom. The number of carbonyl (C=O) groups is 2. The highest BCUT2D eigenvalue weighted by molar-refractivity contribution is 6.09. The number of carboxylic acid groups (broad SMARTS) is 1. The van der Waals surface area contributed by atoms with Gasteiger partial charge in [-0.05, 0) is 41.8 Å². The first-order valence-corrected chi connectivity index (χ1v) is 9.69. The molecule has 0 aliphatic rings. The number of aromatic hydroxyl groups is 1. The molecule has 0 spiro atoms. The topological polar surface area (TPSA) is 95.9 Å². The van der Waals surface area contributed by atoms with Gasteiger partial charge in [-0.15, -0.1) is 0 Å². The molecule has 6 heteroatoms. The molecule has 0 bridgehead atoms. The zero-order chi connectivity index (χ0) is 21.5. The fourth-order valence-electron chi connectivity index (χ4n) is 2.98. The third-order valence-electron chi connectivity index (χ3n) is 4.57. The highest BCUT2D eigenvalue weighted by Gasteiger charge is 2.18. The molecule has 0 heterocycles. The SMILES string of the molecule is CCCCOc1cc(O)ccc1C(=O)Nc1cc(-c2ccccc2)ccc1C(=O)O. The van der Waals surface area contributed by atoms with E-state index in [1.54, 1.807) is 12.1 Å². The van der Waals surface area contributed by atoms with Crippen molar-refractivity contribution in [1.29, 1.82) is 0 Å². The monoisotopic (exact) mass is 405 g/mol. The molecule has 1 amide bonds. The molecule has 0 atom stereocenters. The minimum atomic E-state index is -1.14. The maximum atomic E-state index is 12.9. The van der Waals surface area contributed by atoms with Crippen LogP contribution in [0.4, 0.5) is 5.69 Å². The van der Waals surface area contributed by atoms with Gasteiger partial charge >= 0.3 is 5.97 Å². The molecule has 0 saturated carbocycles. The first-order chi connectivity index (χ1) is 14.5. The molecular formula is C24H23NO5. The molecule has 154 valence electrons. The van der Waals surface area contributed by atoms with Gasteiger partial charge in [0.1, 0.15) is 11.5 Å². The molecular weight excluding hydrogens is 382 g/mol. The molecule has 0 aliphatic carbocycles. The van der Waals surface area contributed by atoms with E-state index in [0.717, 1.165) is 24.0 Å². The second-order valence-corrected chi connectivity index (χ2v) is 6.77. The lowest BCUT2D eigenvalue weighted by Gasteiger charge is -2.14. The average Bonchev–Trinajstić information content (AvgIpc) is 2.74. The molecule has 0 unspecified atom stereocenters. The van der Waals surface area contributed by atoms with Gasteiger partial charge in [-0.2, -0.15) is 0 Å². The molecule has 3 aromatic carbocycles. The fraction of sp³-hybridized carbons (Fsp3) is 0.167. The summed E-state index contributed by atoms with van der Waals surface area (Å²) in [4.78, 5) is 24.6. The van der Waals surface area contributed by atoms with E-state index in [1.165, 1.54) is 24.3 Å². The third-order valence-corrected chi connectivity index (χ3v) is 4.57. The third kappa shape index (κ3) is 4.97. The molecule has 0 fully saturated rings. The van der Waals surface area contributed by atoms with Crippen LogP contribution < -0.4 is 10.1 Å². The highest BCUT2D eigenvalue weighted by atomic mass is 16.5. The summed E-state index contributed by atoms with van der Waals surface area (Å²) in [5.74, 6) is -1.43. The number of phenolic OH excluding ortho intramolecular Hbond substituents is 1. The van der Waals surface area contributed by atoms with Crippen molar-refractivity contribution in [2.24, 2.45) is 0 Å². The predicted octanol–water partition coefficient (Wildman–Crippen LogP) is 5.19. The standard InChI is InChI=1S/C24H23NO5/c1-2-3-13-30-22-15-18(26)10-12-20(22)23(27)25-21-14-17(9-11-19(21)24(28)29)16-7-5-4-6-8-16/h4-12,14-15,26H,2-3,13H2,1H3,(H,25,27)(H,28,29). The Kier molecular flexibility index (Phi) is 6.70. The van der Waals surface area contributed by atoms with Crippen LogP contribution in [-0.2, 0) is 0 Å². The second-order valence-electron chi connectivity index (χ2n) is 6.77. The molecule has 0 aliphatic heterocycles. The lowest BCUT2D eigenvalue weighted by atomic mass is 10.0. The summed E-state index contributed by atoms with van der Waals surface area (Å²) in [6, 6.07) is 18.5. The summed E-state index contributed by atoms with van der Waals surface area (Å²) in [5, 5.41) is 22.0. The number of unbranched alkanes of at least 4 members (excludes halogenated alkanes) is 1. The number of amides is 1. The second kappa shape index (κ2) is 9.60. The summed E-state index contributed by atoms with van der Waals surface area (Å²) in [5.41, 5.74) is 2.06. The summed E-state index contributed by atoms with van der Waals surface area (Å²) < 4.78 is 5.65. The molecule has 6 nitrogen and oxygen atoms in total. The van der Waals surface area contributed by atoms with Gasteiger partial charge in [0.25, 0.3) is 5.91 Å². The number of rotatable bonds is 8. The summed E-state index contributed by atoms with van der Waals surface area (Å²) >= 11 is 0. The van der Waals surface area contributed by atoms with E-state index in [0.29, 0.717) is 6.61 Å². The molecule has 0 aromatic heterocycles. The molecule has 0 saturated heterocycles. The van der Waals surface area contributed by atoms with Crippen molar-refractivity contribution in [3.8, 4) is 22.6 Å². The van der Waals surface area contributed by atoms with E-state index < -0.39 is 11.9 Å². The quantitative estimate of drug-likeness (QED) is 0.448.